The van der Waals surface area contributed by atoms with Crippen molar-refractivity contribution in [1.82, 2.24) is 0 Å². The summed E-state index contributed by atoms with van der Waals surface area (Å²) in [5.41, 5.74) is 3.40. The first-order valence-electron chi connectivity index (χ1n) is 6.69. The van der Waals surface area contributed by atoms with Crippen LogP contribution in [0.15, 0.2) is 59.6 Å². The lowest BCUT2D eigenvalue weighted by Gasteiger charge is -2.11. The van der Waals surface area contributed by atoms with Crippen LogP contribution in [0.2, 0.25) is 0 Å². The number of hydrogen-bond acceptors (Lipinski definition) is 3. The van der Waals surface area contributed by atoms with Gasteiger partial charge in [-0.05, 0) is 37.0 Å². The summed E-state index contributed by atoms with van der Waals surface area (Å²) in [5, 5.41) is 9.49. The number of aliphatic hydroxyl groups excluding tert-OH is 1. The molecule has 0 fully saturated rings. The van der Waals surface area contributed by atoms with E-state index in [1.54, 1.807) is 7.11 Å². The van der Waals surface area contributed by atoms with Crippen LogP contribution in [-0.4, -0.2) is 19.3 Å². The van der Waals surface area contributed by atoms with Crippen LogP contribution in [-0.2, 0) is 11.2 Å². The maximum Gasteiger partial charge on any atom is 0.279 e. The van der Waals surface area contributed by atoms with Crippen LogP contribution < -0.4 is 4.74 Å². The van der Waals surface area contributed by atoms with Crippen molar-refractivity contribution in [1.29, 1.82) is 0 Å². The maximum absolute atomic E-state index is 9.49. The average molecular weight is 272 g/mol. The molecule has 3 heteroatoms. The van der Waals surface area contributed by atoms with Gasteiger partial charge in [0.05, 0.1) is 14.2 Å². The zero-order chi connectivity index (χ0) is 14.4. The van der Waals surface area contributed by atoms with E-state index in [1.165, 1.54) is 18.2 Å². The minimum atomic E-state index is 0.00621. The summed E-state index contributed by atoms with van der Waals surface area (Å²) in [5.74, 6) is 0.891. The Balaban J connectivity index is 1.89. The molecule has 3 nitrogen and oxygen atoms in total. The van der Waals surface area contributed by atoms with Gasteiger partial charge in [0.1, 0.15) is 5.75 Å². The molecule has 1 aliphatic rings. The minimum Gasteiger partial charge on any atom is -0.497 e. The van der Waals surface area contributed by atoms with Crippen LogP contribution in [0.5, 0.6) is 5.75 Å². The van der Waals surface area contributed by atoms with Crippen LogP contribution in [0.4, 0.5) is 0 Å². The van der Waals surface area contributed by atoms with Crippen molar-refractivity contribution in [2.24, 2.45) is 0 Å². The first-order chi connectivity index (χ1) is 9.72. The fourth-order valence-electron chi connectivity index (χ4n) is 2.14. The van der Waals surface area contributed by atoms with Crippen LogP contribution in [0.3, 0.4) is 0 Å². The molecule has 0 atom stereocenters. The van der Waals surface area contributed by atoms with E-state index in [0.717, 1.165) is 24.2 Å². The van der Waals surface area contributed by atoms with Gasteiger partial charge in [-0.2, -0.15) is 0 Å². The van der Waals surface area contributed by atoms with Crippen LogP contribution in [0.25, 0.3) is 0 Å². The van der Waals surface area contributed by atoms with Crippen molar-refractivity contribution >= 4 is 0 Å². The Morgan fingerprint density at radius 2 is 1.85 bits per heavy atom. The second-order valence-electron chi connectivity index (χ2n) is 4.70. The molecule has 0 amide bonds. The summed E-state index contributed by atoms with van der Waals surface area (Å²) in [7, 11) is 3.15. The molecular weight excluding hydrogens is 252 g/mol. The lowest BCUT2D eigenvalue weighted by Crippen LogP contribution is -1.96. The molecular formula is C17H20O3. The highest BCUT2D eigenvalue weighted by atomic mass is 16.6. The van der Waals surface area contributed by atoms with Crippen LogP contribution in [0.1, 0.15) is 18.4 Å². The monoisotopic (exact) mass is 272 g/mol. The van der Waals surface area contributed by atoms with Crippen molar-refractivity contribution in [3.8, 4) is 5.75 Å². The molecule has 20 heavy (non-hydrogen) atoms. The average Bonchev–Trinajstić information content (AvgIpc) is 2.53. The quantitative estimate of drug-likeness (QED) is 0.825. The van der Waals surface area contributed by atoms with E-state index in [-0.39, 0.29) is 5.95 Å². The normalized spacial score (nSPS) is 16.6. The van der Waals surface area contributed by atoms with E-state index >= 15 is 0 Å². The number of benzene rings is 1. The Hall–Kier alpha value is -2.16. The van der Waals surface area contributed by atoms with Crippen LogP contribution >= 0.6 is 0 Å². The number of rotatable bonds is 5. The topological polar surface area (TPSA) is 38.7 Å². The number of ether oxygens (including phenoxy) is 2. The highest BCUT2D eigenvalue weighted by Crippen LogP contribution is 2.22. The molecule has 0 radical (unpaired) electrons. The van der Waals surface area contributed by atoms with Gasteiger partial charge in [0.15, 0.2) is 0 Å². The molecule has 0 unspecified atom stereocenters. The summed E-state index contributed by atoms with van der Waals surface area (Å²) < 4.78 is 9.96. The molecule has 0 saturated heterocycles. The van der Waals surface area contributed by atoms with E-state index in [4.69, 9.17) is 9.47 Å². The van der Waals surface area contributed by atoms with Gasteiger partial charge in [-0.25, -0.2) is 0 Å². The molecule has 106 valence electrons. The number of allylic oxidation sites excluding steroid dienone is 5. The number of aliphatic hydroxyl groups is 1. The van der Waals surface area contributed by atoms with Gasteiger partial charge >= 0.3 is 0 Å². The van der Waals surface area contributed by atoms with E-state index in [2.05, 4.69) is 18.2 Å². The molecule has 1 aromatic rings. The molecule has 0 aromatic heterocycles. The Labute approximate surface area is 119 Å². The van der Waals surface area contributed by atoms with Gasteiger partial charge in [-0.3, -0.25) is 0 Å². The zero-order valence-corrected chi connectivity index (χ0v) is 11.9. The number of methoxy groups -OCH3 is 2. The third kappa shape index (κ3) is 3.67. The Morgan fingerprint density at radius 1 is 1.10 bits per heavy atom. The highest BCUT2D eigenvalue weighted by molar-refractivity contribution is 5.36. The fourth-order valence-corrected chi connectivity index (χ4v) is 2.14. The standard InChI is InChI=1S/C17H20O3/c1-19-16-11-7-14(8-12-16)4-3-13-5-9-15(10-6-13)17(18)20-2/h5-9,11-12,18H,3-4,10H2,1-2H3. The van der Waals surface area contributed by atoms with Crippen molar-refractivity contribution in [3.63, 3.8) is 0 Å². The largest absolute Gasteiger partial charge is 0.497 e. The summed E-state index contributed by atoms with van der Waals surface area (Å²) >= 11 is 0. The molecule has 0 bridgehead atoms. The Kier molecular flexibility index (Phi) is 4.88. The van der Waals surface area contributed by atoms with Gasteiger partial charge in [0.2, 0.25) is 0 Å². The van der Waals surface area contributed by atoms with Gasteiger partial charge in [-0.15, -0.1) is 0 Å². The summed E-state index contributed by atoms with van der Waals surface area (Å²) in [6.07, 6.45) is 8.79. The highest BCUT2D eigenvalue weighted by Gasteiger charge is 2.07. The van der Waals surface area contributed by atoms with Crippen molar-refractivity contribution in [2.75, 3.05) is 14.2 Å². The summed E-state index contributed by atoms with van der Waals surface area (Å²) in [4.78, 5) is 0. The lowest BCUT2D eigenvalue weighted by molar-refractivity contribution is 0.132. The predicted octanol–water partition coefficient (Wildman–Crippen LogP) is 3.93. The smallest absolute Gasteiger partial charge is 0.279 e. The van der Waals surface area contributed by atoms with Crippen molar-refractivity contribution < 1.29 is 14.6 Å². The van der Waals surface area contributed by atoms with Crippen molar-refractivity contribution in [3.05, 3.63) is 65.1 Å². The Morgan fingerprint density at radius 3 is 2.40 bits per heavy atom. The molecule has 0 heterocycles. The second kappa shape index (κ2) is 6.85. The second-order valence-corrected chi connectivity index (χ2v) is 4.70. The van der Waals surface area contributed by atoms with E-state index in [0.29, 0.717) is 6.42 Å². The van der Waals surface area contributed by atoms with Gasteiger partial charge < -0.3 is 14.6 Å². The predicted molar refractivity (Wildman–Crippen MR) is 79.8 cm³/mol. The molecule has 1 aromatic carbocycles. The van der Waals surface area contributed by atoms with E-state index in [1.807, 2.05) is 24.3 Å². The SMILES string of the molecule is COC(O)=C1C=CC(CCc2ccc(OC)cc2)=CC1. The first kappa shape index (κ1) is 14.3. The number of hydrogen-bond donors (Lipinski definition) is 1. The fraction of sp³-hybridized carbons (Fsp3) is 0.294. The third-order valence-electron chi connectivity index (χ3n) is 3.41. The van der Waals surface area contributed by atoms with Gasteiger partial charge in [-0.1, -0.05) is 35.9 Å². The van der Waals surface area contributed by atoms with Crippen molar-refractivity contribution in [2.45, 2.75) is 19.3 Å². The number of aryl methyl sites for hydroxylation is 1. The molecule has 2 rings (SSSR count). The molecule has 0 spiro atoms. The van der Waals surface area contributed by atoms with E-state index in [9.17, 15) is 5.11 Å². The first-order valence-corrected chi connectivity index (χ1v) is 6.69. The van der Waals surface area contributed by atoms with E-state index < -0.39 is 0 Å². The molecule has 0 saturated carbocycles. The summed E-state index contributed by atoms with van der Waals surface area (Å²) in [6.45, 7) is 0. The van der Waals surface area contributed by atoms with Gasteiger partial charge in [0.25, 0.3) is 5.95 Å². The molecule has 1 aliphatic carbocycles. The van der Waals surface area contributed by atoms with Gasteiger partial charge in [0, 0.05) is 5.57 Å². The third-order valence-corrected chi connectivity index (χ3v) is 3.41. The Bertz CT molecular complexity index is 536. The minimum absolute atomic E-state index is 0.00621. The molecule has 1 N–H and O–H groups in total. The maximum atomic E-state index is 9.49. The van der Waals surface area contributed by atoms with Crippen LogP contribution in [0, 0.1) is 0 Å². The molecule has 0 aliphatic heterocycles. The lowest BCUT2D eigenvalue weighted by atomic mass is 9.97. The summed E-state index contributed by atoms with van der Waals surface area (Å²) in [6, 6.07) is 8.15. The zero-order valence-electron chi connectivity index (χ0n) is 11.9.